The predicted octanol–water partition coefficient (Wildman–Crippen LogP) is 14.8. The van der Waals surface area contributed by atoms with Crippen LogP contribution in [0.4, 0.5) is 0 Å². The highest BCUT2D eigenvalue weighted by molar-refractivity contribution is 7.24. The maximum absolute atomic E-state index is 6.10. The Kier molecular flexibility index (Phi) is 11.1. The summed E-state index contributed by atoms with van der Waals surface area (Å²) in [6.07, 6.45) is 0. The van der Waals surface area contributed by atoms with Crippen molar-refractivity contribution in [2.75, 3.05) is 13.2 Å². The van der Waals surface area contributed by atoms with Crippen LogP contribution in [-0.2, 0) is 10.8 Å². The summed E-state index contributed by atoms with van der Waals surface area (Å²) in [5.74, 6) is 2.52. The maximum atomic E-state index is 6.10. The molecule has 6 nitrogen and oxygen atoms in total. The van der Waals surface area contributed by atoms with Crippen molar-refractivity contribution in [3.63, 3.8) is 0 Å². The van der Waals surface area contributed by atoms with Crippen LogP contribution < -0.4 is 9.47 Å². The molecule has 0 spiro atoms. The van der Waals surface area contributed by atoms with Crippen molar-refractivity contribution in [3.05, 3.63) is 94.7 Å². The molecule has 0 atom stereocenters. The number of aromatic nitrogens is 4. The molecule has 3 aromatic carbocycles. The van der Waals surface area contributed by atoms with Crippen molar-refractivity contribution in [3.8, 4) is 64.6 Å². The summed E-state index contributed by atoms with van der Waals surface area (Å²) in [6, 6.07) is 30.0. The van der Waals surface area contributed by atoms with E-state index in [4.69, 9.17) is 28.2 Å². The summed E-state index contributed by atoms with van der Waals surface area (Å²) in [7, 11) is 0. The van der Waals surface area contributed by atoms with E-state index in [0.717, 1.165) is 77.0 Å². The Bertz CT molecular complexity index is 2700. The Balaban J connectivity index is 1.39. The molecule has 58 heavy (non-hydrogen) atoms. The predicted molar refractivity (Wildman–Crippen MR) is 249 cm³/mol. The van der Waals surface area contributed by atoms with Crippen molar-refractivity contribution in [2.24, 2.45) is 11.8 Å². The van der Waals surface area contributed by atoms with Gasteiger partial charge in [0.1, 0.15) is 33.6 Å². The zero-order valence-corrected chi connectivity index (χ0v) is 38.2. The van der Waals surface area contributed by atoms with Crippen LogP contribution in [0.15, 0.2) is 84.9 Å². The van der Waals surface area contributed by atoms with Crippen LogP contribution in [0.25, 0.3) is 75.2 Å². The van der Waals surface area contributed by atoms with Crippen LogP contribution in [0.3, 0.4) is 0 Å². The molecule has 0 amide bonds. The Hall–Kier alpha value is -4.48. The summed E-state index contributed by atoms with van der Waals surface area (Å²) < 4.78 is 22.2. The number of hydrogen-bond acceptors (Lipinski definition) is 10. The molecule has 0 aliphatic rings. The minimum atomic E-state index is -0.00540. The van der Waals surface area contributed by atoms with Gasteiger partial charge in [-0.2, -0.15) is 8.75 Å². The van der Waals surface area contributed by atoms with Crippen molar-refractivity contribution in [2.45, 2.75) is 80.1 Å². The van der Waals surface area contributed by atoms with E-state index in [2.05, 4.69) is 130 Å². The van der Waals surface area contributed by atoms with E-state index >= 15 is 0 Å². The molecule has 0 unspecified atom stereocenters. The molecule has 0 saturated heterocycles. The van der Waals surface area contributed by atoms with Gasteiger partial charge < -0.3 is 9.47 Å². The average molecular weight is 843 g/mol. The molecule has 0 aliphatic heterocycles. The second-order valence-electron chi connectivity index (χ2n) is 17.8. The normalized spacial score (nSPS) is 12.4. The molecule has 0 radical (unpaired) electrons. The smallest absolute Gasteiger partial charge is 0.119 e. The largest absolute Gasteiger partial charge is 0.493 e. The van der Waals surface area contributed by atoms with Crippen LogP contribution in [0.5, 0.6) is 11.5 Å². The minimum absolute atomic E-state index is 0.00540. The molecule has 5 aromatic heterocycles. The van der Waals surface area contributed by atoms with E-state index < -0.39 is 0 Å². The quantitative estimate of drug-likeness (QED) is 0.129. The molecule has 0 bridgehead atoms. The van der Waals surface area contributed by atoms with Crippen LogP contribution >= 0.6 is 45.7 Å². The molecular weight excluding hydrogens is 793 g/mol. The lowest BCUT2D eigenvalue weighted by atomic mass is 9.95. The first kappa shape index (κ1) is 40.3. The lowest BCUT2D eigenvalue weighted by Crippen LogP contribution is -2.07. The maximum Gasteiger partial charge on any atom is 0.119 e. The number of rotatable bonds is 11. The van der Waals surface area contributed by atoms with Crippen molar-refractivity contribution >= 4 is 67.8 Å². The number of ether oxygens (including phenoxy) is 2. The highest BCUT2D eigenvalue weighted by atomic mass is 32.1. The van der Waals surface area contributed by atoms with Gasteiger partial charge >= 0.3 is 0 Å². The summed E-state index contributed by atoms with van der Waals surface area (Å²) >= 11 is 6.68. The zero-order chi connectivity index (χ0) is 40.9. The Morgan fingerprint density at radius 1 is 0.466 bits per heavy atom. The third-order valence-electron chi connectivity index (χ3n) is 9.79. The third kappa shape index (κ3) is 8.21. The first-order valence-corrected chi connectivity index (χ1v) is 23.1. The summed E-state index contributed by atoms with van der Waals surface area (Å²) in [4.78, 5) is 18.7. The van der Waals surface area contributed by atoms with Gasteiger partial charge in [0, 0.05) is 51.5 Å². The van der Waals surface area contributed by atoms with Gasteiger partial charge in [0.05, 0.1) is 36.3 Å². The second kappa shape index (κ2) is 15.9. The molecule has 10 heteroatoms. The molecule has 0 aliphatic carbocycles. The highest BCUT2D eigenvalue weighted by Gasteiger charge is 2.28. The molecule has 298 valence electrons. The van der Waals surface area contributed by atoms with Gasteiger partial charge in [0.2, 0.25) is 0 Å². The zero-order valence-electron chi connectivity index (χ0n) is 34.9. The minimum Gasteiger partial charge on any atom is -0.493 e. The lowest BCUT2D eigenvalue weighted by molar-refractivity contribution is 0.271. The van der Waals surface area contributed by atoms with E-state index in [-0.39, 0.29) is 10.8 Å². The molecular formula is C48H50N4O2S4. The van der Waals surface area contributed by atoms with Crippen LogP contribution in [0, 0.1) is 11.8 Å². The van der Waals surface area contributed by atoms with Gasteiger partial charge in [-0.15, -0.1) is 34.0 Å². The standard InChI is InChI=1S/C48H50N4O2S4/c1-27(2)25-53-31-15-11-29(12-16-31)41-42(30-13-17-32(18-14-30)54-26-28(3)4)50-44-40(36-22-24-38(57-36)48(8,9)10)46-45(51-58-52-46)39(43(44)49-41)35-20-19-33(55-35)34-21-23-37(56-34)47(5,6)7/h11-24,27-28H,25-26H2,1-10H3. The van der Waals surface area contributed by atoms with Crippen molar-refractivity contribution < 1.29 is 9.47 Å². The van der Waals surface area contributed by atoms with E-state index in [1.807, 2.05) is 35.6 Å². The number of nitrogens with zero attached hydrogens (tertiary/aromatic N) is 4. The second-order valence-corrected chi connectivity index (χ2v) is 21.6. The number of fused-ring (bicyclic) bond motifs is 2. The molecule has 0 N–H and O–H groups in total. The Morgan fingerprint density at radius 2 is 0.845 bits per heavy atom. The van der Waals surface area contributed by atoms with Gasteiger partial charge in [0.25, 0.3) is 0 Å². The summed E-state index contributed by atoms with van der Waals surface area (Å²) in [5.41, 5.74) is 8.85. The van der Waals surface area contributed by atoms with Gasteiger partial charge in [-0.3, -0.25) is 0 Å². The van der Waals surface area contributed by atoms with Crippen molar-refractivity contribution in [1.29, 1.82) is 0 Å². The fourth-order valence-corrected chi connectivity index (χ4v) is 10.6. The first-order chi connectivity index (χ1) is 27.6. The summed E-state index contributed by atoms with van der Waals surface area (Å²) in [5, 5.41) is 0. The summed E-state index contributed by atoms with van der Waals surface area (Å²) in [6.45, 7) is 23.5. The third-order valence-corrected chi connectivity index (χ3v) is 14.7. The van der Waals surface area contributed by atoms with E-state index in [9.17, 15) is 0 Å². The molecule has 5 heterocycles. The lowest BCUT2D eigenvalue weighted by Gasteiger charge is -2.17. The molecule has 8 rings (SSSR count). The van der Waals surface area contributed by atoms with Crippen LogP contribution in [-0.4, -0.2) is 31.9 Å². The SMILES string of the molecule is CC(C)COc1ccc(-c2nc3c(-c4ccc(-c5ccc(C(C)(C)C)s5)s4)c4nsnc4c(-c4ccc(C(C)(C)C)s4)c3nc2-c2ccc(OCC(C)C)cc2)cc1. The number of thiophene rings is 3. The monoisotopic (exact) mass is 842 g/mol. The van der Waals surface area contributed by atoms with Gasteiger partial charge in [0.15, 0.2) is 0 Å². The van der Waals surface area contributed by atoms with Gasteiger partial charge in [-0.25, -0.2) is 9.97 Å². The van der Waals surface area contributed by atoms with E-state index in [1.165, 1.54) is 31.2 Å². The average Bonchev–Trinajstić information content (AvgIpc) is 4.02. The first-order valence-electron chi connectivity index (χ1n) is 19.9. The fraction of sp³-hybridized carbons (Fsp3) is 0.333. The number of benzene rings is 3. The fourth-order valence-electron chi connectivity index (χ4n) is 6.69. The van der Waals surface area contributed by atoms with Crippen molar-refractivity contribution in [1.82, 2.24) is 18.7 Å². The molecule has 0 saturated carbocycles. The topological polar surface area (TPSA) is 70.0 Å². The van der Waals surface area contributed by atoms with Crippen LogP contribution in [0.2, 0.25) is 0 Å². The van der Waals surface area contributed by atoms with Gasteiger partial charge in [-0.05, 0) is 108 Å². The number of hydrogen-bond donors (Lipinski definition) is 0. The highest BCUT2D eigenvalue weighted by Crippen LogP contribution is 2.49. The Labute approximate surface area is 358 Å². The van der Waals surface area contributed by atoms with Crippen LogP contribution in [0.1, 0.15) is 79.0 Å². The van der Waals surface area contributed by atoms with E-state index in [0.29, 0.717) is 25.0 Å². The van der Waals surface area contributed by atoms with E-state index in [1.54, 1.807) is 22.7 Å². The van der Waals surface area contributed by atoms with Gasteiger partial charge in [-0.1, -0.05) is 69.2 Å². The Morgan fingerprint density at radius 3 is 1.28 bits per heavy atom. The molecule has 8 aromatic rings. The molecule has 0 fully saturated rings.